The predicted octanol–water partition coefficient (Wildman–Crippen LogP) is 1.58. The summed E-state index contributed by atoms with van der Waals surface area (Å²) in [5.41, 5.74) is 0.858. The summed E-state index contributed by atoms with van der Waals surface area (Å²) in [5.74, 6) is -0.537. The lowest BCUT2D eigenvalue weighted by molar-refractivity contribution is -0.123. The monoisotopic (exact) mass is 250 g/mol. The van der Waals surface area contributed by atoms with Gasteiger partial charge in [-0.2, -0.15) is 0 Å². The number of amidine groups is 1. The Hall–Kier alpha value is -1.82. The molecule has 1 fully saturated rings. The van der Waals surface area contributed by atoms with Crippen LogP contribution < -0.4 is 0 Å². The Kier molecular flexibility index (Phi) is 3.14. The first-order valence-corrected chi connectivity index (χ1v) is 5.88. The molecule has 6 heteroatoms. The number of carbonyl (C=O) groups is 2. The number of hydrogen-bond acceptors (Lipinski definition) is 4. The fourth-order valence-corrected chi connectivity index (χ4v) is 2.23. The van der Waals surface area contributed by atoms with Gasteiger partial charge in [-0.05, 0) is 24.3 Å². The van der Waals surface area contributed by atoms with Gasteiger partial charge < -0.3 is 5.11 Å². The molecule has 0 saturated carbocycles. The van der Waals surface area contributed by atoms with Crippen molar-refractivity contribution in [2.75, 3.05) is 12.8 Å². The summed E-state index contributed by atoms with van der Waals surface area (Å²) in [5, 5.41) is 9.38. The largest absolute Gasteiger partial charge is 0.478 e. The minimum Gasteiger partial charge on any atom is -0.478 e. The van der Waals surface area contributed by atoms with Crippen LogP contribution in [-0.2, 0) is 4.79 Å². The lowest BCUT2D eigenvalue weighted by atomic mass is 10.2. The standard InChI is InChI=1S/C11H10N2O3S/c1-13-9(14)6-17-11(13)12-8-4-2-7(3-5-8)10(15)16/h2-5H,6H2,1H3,(H,15,16)/b12-11-. The SMILES string of the molecule is CN1C(=O)CS/C1=N\c1ccc(C(=O)O)cc1. The summed E-state index contributed by atoms with van der Waals surface area (Å²) in [6.45, 7) is 0. The Balaban J connectivity index is 2.22. The predicted molar refractivity (Wildman–Crippen MR) is 65.7 cm³/mol. The fraction of sp³-hybridized carbons (Fsp3) is 0.182. The molecule has 0 aliphatic carbocycles. The molecule has 1 aliphatic rings. The van der Waals surface area contributed by atoms with E-state index >= 15 is 0 Å². The van der Waals surface area contributed by atoms with E-state index in [9.17, 15) is 9.59 Å². The van der Waals surface area contributed by atoms with Crippen LogP contribution in [-0.4, -0.2) is 39.9 Å². The molecule has 1 aliphatic heterocycles. The molecule has 1 aromatic rings. The van der Waals surface area contributed by atoms with Crippen molar-refractivity contribution in [1.82, 2.24) is 4.90 Å². The first kappa shape index (κ1) is 11.7. The molecule has 0 atom stereocenters. The molecule has 1 aromatic carbocycles. The van der Waals surface area contributed by atoms with Crippen LogP contribution in [0.2, 0.25) is 0 Å². The van der Waals surface area contributed by atoms with E-state index in [4.69, 9.17) is 5.11 Å². The summed E-state index contributed by atoms with van der Waals surface area (Å²) >= 11 is 1.37. The molecule has 17 heavy (non-hydrogen) atoms. The van der Waals surface area contributed by atoms with Crippen LogP contribution in [0.3, 0.4) is 0 Å². The average Bonchev–Trinajstić information content (AvgIpc) is 2.62. The number of benzene rings is 1. The van der Waals surface area contributed by atoms with E-state index < -0.39 is 5.97 Å². The molecule has 5 nitrogen and oxygen atoms in total. The maximum absolute atomic E-state index is 11.3. The molecule has 1 N–H and O–H groups in total. The smallest absolute Gasteiger partial charge is 0.335 e. The molecule has 0 spiro atoms. The number of hydrogen-bond donors (Lipinski definition) is 1. The molecule has 1 heterocycles. The van der Waals surface area contributed by atoms with Crippen molar-refractivity contribution in [3.8, 4) is 0 Å². The molecular formula is C11H10N2O3S. The Morgan fingerprint density at radius 2 is 2.06 bits per heavy atom. The van der Waals surface area contributed by atoms with Gasteiger partial charge in [0.25, 0.3) is 0 Å². The van der Waals surface area contributed by atoms with Crippen molar-refractivity contribution < 1.29 is 14.7 Å². The molecule has 0 aromatic heterocycles. The number of carboxylic acids is 1. The number of amides is 1. The number of rotatable bonds is 2. The maximum atomic E-state index is 11.3. The molecule has 1 amide bonds. The summed E-state index contributed by atoms with van der Waals surface area (Å²) in [4.78, 5) is 27.7. The van der Waals surface area contributed by atoms with Gasteiger partial charge in [0.15, 0.2) is 5.17 Å². The van der Waals surface area contributed by atoms with E-state index in [1.807, 2.05) is 0 Å². The Morgan fingerprint density at radius 1 is 1.41 bits per heavy atom. The minimum absolute atomic E-state index is 0.0240. The third-order valence-electron chi connectivity index (χ3n) is 2.32. The molecule has 0 unspecified atom stereocenters. The number of nitrogens with zero attached hydrogens (tertiary/aromatic N) is 2. The second kappa shape index (κ2) is 4.58. The van der Waals surface area contributed by atoms with E-state index in [0.717, 1.165) is 0 Å². The highest BCUT2D eigenvalue weighted by Gasteiger charge is 2.24. The Morgan fingerprint density at radius 3 is 2.53 bits per heavy atom. The maximum Gasteiger partial charge on any atom is 0.335 e. The zero-order valence-corrected chi connectivity index (χ0v) is 9.90. The summed E-state index contributed by atoms with van der Waals surface area (Å²) < 4.78 is 0. The molecular weight excluding hydrogens is 240 g/mol. The number of thioether (sulfide) groups is 1. The molecule has 0 bridgehead atoms. The van der Waals surface area contributed by atoms with Gasteiger partial charge in [-0.15, -0.1) is 0 Å². The van der Waals surface area contributed by atoms with Crippen LogP contribution >= 0.6 is 11.8 Å². The van der Waals surface area contributed by atoms with E-state index in [-0.39, 0.29) is 11.5 Å². The number of aliphatic imine (C=N–C) groups is 1. The van der Waals surface area contributed by atoms with E-state index in [1.54, 1.807) is 19.2 Å². The quantitative estimate of drug-likeness (QED) is 0.865. The lowest BCUT2D eigenvalue weighted by Gasteiger charge is -2.07. The van der Waals surface area contributed by atoms with Crippen LogP contribution in [0.25, 0.3) is 0 Å². The normalized spacial score (nSPS) is 17.8. The highest BCUT2D eigenvalue weighted by molar-refractivity contribution is 8.15. The van der Waals surface area contributed by atoms with Gasteiger partial charge in [0.2, 0.25) is 5.91 Å². The van der Waals surface area contributed by atoms with E-state index in [0.29, 0.717) is 16.6 Å². The highest BCUT2D eigenvalue weighted by Crippen LogP contribution is 2.22. The third kappa shape index (κ3) is 2.47. The molecule has 88 valence electrons. The molecule has 0 radical (unpaired) electrons. The van der Waals surface area contributed by atoms with Gasteiger partial charge in [0.05, 0.1) is 17.0 Å². The van der Waals surface area contributed by atoms with Crippen LogP contribution in [0.4, 0.5) is 5.69 Å². The van der Waals surface area contributed by atoms with Gasteiger partial charge >= 0.3 is 5.97 Å². The van der Waals surface area contributed by atoms with Crippen LogP contribution in [0, 0.1) is 0 Å². The Labute approximate surface area is 102 Å². The first-order valence-electron chi connectivity index (χ1n) is 4.89. The topological polar surface area (TPSA) is 70.0 Å². The average molecular weight is 250 g/mol. The number of carboxylic acid groups (broad SMARTS) is 1. The van der Waals surface area contributed by atoms with Crippen molar-refractivity contribution in [2.24, 2.45) is 4.99 Å². The molecule has 2 rings (SSSR count). The van der Waals surface area contributed by atoms with Gasteiger partial charge in [-0.3, -0.25) is 9.69 Å². The van der Waals surface area contributed by atoms with Crippen molar-refractivity contribution in [1.29, 1.82) is 0 Å². The Bertz CT molecular complexity index is 496. The lowest BCUT2D eigenvalue weighted by Crippen LogP contribution is -2.24. The zero-order valence-electron chi connectivity index (χ0n) is 9.08. The minimum atomic E-state index is -0.966. The van der Waals surface area contributed by atoms with Crippen molar-refractivity contribution in [3.63, 3.8) is 0 Å². The second-order valence-corrected chi connectivity index (χ2v) is 4.43. The second-order valence-electron chi connectivity index (χ2n) is 3.49. The van der Waals surface area contributed by atoms with Gasteiger partial charge in [0.1, 0.15) is 0 Å². The van der Waals surface area contributed by atoms with Crippen molar-refractivity contribution >= 4 is 34.5 Å². The van der Waals surface area contributed by atoms with E-state index in [2.05, 4.69) is 4.99 Å². The van der Waals surface area contributed by atoms with Gasteiger partial charge in [-0.1, -0.05) is 11.8 Å². The number of aromatic carboxylic acids is 1. The number of carbonyl (C=O) groups excluding carboxylic acids is 1. The van der Waals surface area contributed by atoms with Crippen molar-refractivity contribution in [2.45, 2.75) is 0 Å². The molecule has 1 saturated heterocycles. The highest BCUT2D eigenvalue weighted by atomic mass is 32.2. The first-order chi connectivity index (χ1) is 8.08. The van der Waals surface area contributed by atoms with E-state index in [1.165, 1.54) is 28.8 Å². The van der Waals surface area contributed by atoms with Gasteiger partial charge in [-0.25, -0.2) is 9.79 Å². The fourth-order valence-electron chi connectivity index (χ4n) is 1.32. The van der Waals surface area contributed by atoms with Crippen LogP contribution in [0.5, 0.6) is 0 Å². The third-order valence-corrected chi connectivity index (χ3v) is 3.34. The van der Waals surface area contributed by atoms with Crippen molar-refractivity contribution in [3.05, 3.63) is 29.8 Å². The summed E-state index contributed by atoms with van der Waals surface area (Å²) in [6, 6.07) is 6.22. The van der Waals surface area contributed by atoms with Crippen LogP contribution in [0.15, 0.2) is 29.3 Å². The van der Waals surface area contributed by atoms with Gasteiger partial charge in [0, 0.05) is 7.05 Å². The summed E-state index contributed by atoms with van der Waals surface area (Å²) in [7, 11) is 1.67. The van der Waals surface area contributed by atoms with Crippen LogP contribution in [0.1, 0.15) is 10.4 Å². The zero-order chi connectivity index (χ0) is 12.4. The summed E-state index contributed by atoms with van der Waals surface area (Å²) in [6.07, 6.45) is 0.